The molecule has 1 N–H and O–H groups in total. The number of rotatable bonds is 8. The molecule has 1 aliphatic rings. The second kappa shape index (κ2) is 11.3. The van der Waals surface area contributed by atoms with Crippen LogP contribution in [0.2, 0.25) is 0 Å². The third kappa shape index (κ3) is 5.32. The first-order chi connectivity index (χ1) is 16.6. The van der Waals surface area contributed by atoms with Gasteiger partial charge in [0.15, 0.2) is 5.65 Å². The molecule has 1 aromatic carbocycles. The smallest absolute Gasteiger partial charge is 0.317 e. The molecular weight excluding hydrogens is 426 g/mol. The Labute approximate surface area is 202 Å². The fourth-order valence-electron chi connectivity index (χ4n) is 4.45. The van der Waals surface area contributed by atoms with E-state index in [1.165, 1.54) is 0 Å². The molecule has 2 aromatic heterocycles. The first-order valence-corrected chi connectivity index (χ1v) is 12.7. The molecule has 4 rings (SSSR count). The number of aromatic nitrogens is 4. The monoisotopic (exact) mass is 463 g/mol. The van der Waals surface area contributed by atoms with Gasteiger partial charge in [0.05, 0.1) is 16.8 Å². The SMILES string of the molecule is CCCCNC(=O)N1CCCN(c2nc(CCCC)nc3c2c(C)nn3-c2ccccc2)CC1. The number of carbonyl (C=O) groups excluding carboxylic acids is 1. The minimum Gasteiger partial charge on any atom is -0.354 e. The van der Waals surface area contributed by atoms with Gasteiger partial charge < -0.3 is 15.1 Å². The van der Waals surface area contributed by atoms with Crippen LogP contribution in [0.5, 0.6) is 0 Å². The molecule has 0 aliphatic carbocycles. The molecule has 0 spiro atoms. The predicted molar refractivity (Wildman–Crippen MR) is 137 cm³/mol. The van der Waals surface area contributed by atoms with Crippen molar-refractivity contribution in [3.05, 3.63) is 41.9 Å². The molecule has 0 saturated carbocycles. The molecule has 3 heterocycles. The number of hydrogen-bond donors (Lipinski definition) is 1. The van der Waals surface area contributed by atoms with Crippen molar-refractivity contribution in [2.45, 2.75) is 59.3 Å². The van der Waals surface area contributed by atoms with Crippen LogP contribution in [0.4, 0.5) is 10.6 Å². The fourth-order valence-corrected chi connectivity index (χ4v) is 4.45. The van der Waals surface area contributed by atoms with Crippen molar-refractivity contribution in [2.24, 2.45) is 0 Å². The molecule has 0 unspecified atom stereocenters. The lowest BCUT2D eigenvalue weighted by Crippen LogP contribution is -2.42. The van der Waals surface area contributed by atoms with E-state index in [4.69, 9.17) is 15.1 Å². The van der Waals surface area contributed by atoms with Crippen molar-refractivity contribution in [1.29, 1.82) is 0 Å². The third-order valence-electron chi connectivity index (χ3n) is 6.37. The zero-order valence-corrected chi connectivity index (χ0v) is 20.8. The van der Waals surface area contributed by atoms with Crippen LogP contribution in [0.3, 0.4) is 0 Å². The van der Waals surface area contributed by atoms with Crippen molar-refractivity contribution >= 4 is 22.9 Å². The molecule has 1 saturated heterocycles. The van der Waals surface area contributed by atoms with Crippen LogP contribution in [0, 0.1) is 6.92 Å². The molecule has 0 radical (unpaired) electrons. The first-order valence-electron chi connectivity index (χ1n) is 12.7. The van der Waals surface area contributed by atoms with E-state index >= 15 is 0 Å². The molecule has 0 bridgehead atoms. The summed E-state index contributed by atoms with van der Waals surface area (Å²) in [5.74, 6) is 1.81. The van der Waals surface area contributed by atoms with Gasteiger partial charge in [-0.15, -0.1) is 0 Å². The van der Waals surface area contributed by atoms with E-state index in [9.17, 15) is 4.79 Å². The minimum absolute atomic E-state index is 0.0415. The summed E-state index contributed by atoms with van der Waals surface area (Å²) in [5, 5.41) is 8.92. The maximum Gasteiger partial charge on any atom is 0.317 e. The quantitative estimate of drug-likeness (QED) is 0.498. The molecule has 182 valence electrons. The Hall–Kier alpha value is -3.16. The maximum absolute atomic E-state index is 12.6. The standard InChI is InChI=1S/C26H37N7O/c1-4-6-14-22-28-24(31-16-11-17-32(19-18-31)26(34)27-15-7-5-2)23-20(3)30-33(25(23)29-22)21-12-9-8-10-13-21/h8-10,12-13H,4-7,11,14-19H2,1-3H3,(H,27,34). The lowest BCUT2D eigenvalue weighted by atomic mass is 10.2. The number of carbonyl (C=O) groups is 1. The zero-order valence-electron chi connectivity index (χ0n) is 20.8. The Kier molecular flexibility index (Phi) is 7.98. The number of anilines is 1. The highest BCUT2D eigenvalue weighted by molar-refractivity contribution is 5.91. The number of urea groups is 1. The van der Waals surface area contributed by atoms with E-state index in [0.717, 1.165) is 98.8 Å². The molecule has 1 aliphatic heterocycles. The van der Waals surface area contributed by atoms with Crippen molar-refractivity contribution in [3.8, 4) is 5.69 Å². The molecule has 1 fully saturated rings. The summed E-state index contributed by atoms with van der Waals surface area (Å²) in [6.07, 6.45) is 5.99. The van der Waals surface area contributed by atoms with Crippen molar-refractivity contribution in [3.63, 3.8) is 0 Å². The van der Waals surface area contributed by atoms with Gasteiger partial charge in [0.2, 0.25) is 0 Å². The van der Waals surface area contributed by atoms with Gasteiger partial charge in [-0.2, -0.15) is 5.10 Å². The van der Waals surface area contributed by atoms with Crippen LogP contribution in [0.25, 0.3) is 16.7 Å². The topological polar surface area (TPSA) is 79.2 Å². The molecule has 3 aromatic rings. The minimum atomic E-state index is 0.0415. The van der Waals surface area contributed by atoms with Crippen LogP contribution in [0.15, 0.2) is 30.3 Å². The van der Waals surface area contributed by atoms with Gasteiger partial charge in [-0.25, -0.2) is 19.4 Å². The molecule has 34 heavy (non-hydrogen) atoms. The summed E-state index contributed by atoms with van der Waals surface area (Å²) in [5.41, 5.74) is 2.78. The molecule has 2 amide bonds. The number of hydrogen-bond acceptors (Lipinski definition) is 5. The number of amides is 2. The maximum atomic E-state index is 12.6. The van der Waals surface area contributed by atoms with Crippen LogP contribution in [-0.4, -0.2) is 63.4 Å². The number of nitrogens with one attached hydrogen (secondary N) is 1. The third-order valence-corrected chi connectivity index (χ3v) is 6.37. The van der Waals surface area contributed by atoms with E-state index in [-0.39, 0.29) is 6.03 Å². The number of aryl methyl sites for hydroxylation is 2. The van der Waals surface area contributed by atoms with E-state index in [0.29, 0.717) is 6.54 Å². The van der Waals surface area contributed by atoms with Gasteiger partial charge in [-0.05, 0) is 38.3 Å². The number of unbranched alkanes of at least 4 members (excludes halogenated alkanes) is 2. The van der Waals surface area contributed by atoms with E-state index in [1.807, 2.05) is 34.7 Å². The Balaban J connectivity index is 1.66. The lowest BCUT2D eigenvalue weighted by Gasteiger charge is -2.24. The first kappa shape index (κ1) is 24.0. The molecular formula is C26H37N7O. The molecule has 8 heteroatoms. The Bertz CT molecular complexity index is 1100. The van der Waals surface area contributed by atoms with Gasteiger partial charge in [0.25, 0.3) is 0 Å². The van der Waals surface area contributed by atoms with E-state index in [2.05, 4.69) is 36.2 Å². The predicted octanol–water partition coefficient (Wildman–Crippen LogP) is 4.49. The summed E-state index contributed by atoms with van der Waals surface area (Å²) in [6, 6.07) is 10.2. The summed E-state index contributed by atoms with van der Waals surface area (Å²) in [6.45, 7) is 10.1. The Morgan fingerprint density at radius 1 is 1.00 bits per heavy atom. The number of benzene rings is 1. The van der Waals surface area contributed by atoms with Crippen molar-refractivity contribution in [1.82, 2.24) is 30.0 Å². The summed E-state index contributed by atoms with van der Waals surface area (Å²) in [7, 11) is 0. The van der Waals surface area contributed by atoms with Crippen molar-refractivity contribution < 1.29 is 4.79 Å². The van der Waals surface area contributed by atoms with Crippen LogP contribution in [0.1, 0.15) is 57.5 Å². The molecule has 8 nitrogen and oxygen atoms in total. The van der Waals surface area contributed by atoms with Gasteiger partial charge in [0.1, 0.15) is 11.6 Å². The zero-order chi connectivity index (χ0) is 23.9. The second-order valence-electron chi connectivity index (χ2n) is 9.01. The van der Waals surface area contributed by atoms with Gasteiger partial charge in [-0.1, -0.05) is 44.9 Å². The number of para-hydroxylation sites is 1. The summed E-state index contributed by atoms with van der Waals surface area (Å²) < 4.78 is 1.94. The highest BCUT2D eigenvalue weighted by Crippen LogP contribution is 2.30. The van der Waals surface area contributed by atoms with Gasteiger partial charge >= 0.3 is 6.03 Å². The van der Waals surface area contributed by atoms with E-state index < -0.39 is 0 Å². The average molecular weight is 464 g/mol. The molecule has 0 atom stereocenters. The van der Waals surface area contributed by atoms with Crippen molar-refractivity contribution in [2.75, 3.05) is 37.6 Å². The Morgan fingerprint density at radius 3 is 2.56 bits per heavy atom. The van der Waals surface area contributed by atoms with Crippen LogP contribution in [-0.2, 0) is 6.42 Å². The second-order valence-corrected chi connectivity index (χ2v) is 9.01. The fraction of sp³-hybridized carbons (Fsp3) is 0.538. The lowest BCUT2D eigenvalue weighted by molar-refractivity contribution is 0.201. The normalized spacial score (nSPS) is 14.4. The highest BCUT2D eigenvalue weighted by atomic mass is 16.2. The van der Waals surface area contributed by atoms with E-state index in [1.54, 1.807) is 0 Å². The highest BCUT2D eigenvalue weighted by Gasteiger charge is 2.24. The van der Waals surface area contributed by atoms with Crippen LogP contribution >= 0.6 is 0 Å². The van der Waals surface area contributed by atoms with Gasteiger partial charge in [-0.3, -0.25) is 0 Å². The largest absolute Gasteiger partial charge is 0.354 e. The Morgan fingerprint density at radius 2 is 1.79 bits per heavy atom. The van der Waals surface area contributed by atoms with Gasteiger partial charge in [0, 0.05) is 39.1 Å². The van der Waals surface area contributed by atoms with Crippen LogP contribution < -0.4 is 10.2 Å². The average Bonchev–Trinajstić information content (AvgIpc) is 3.03. The summed E-state index contributed by atoms with van der Waals surface area (Å²) in [4.78, 5) is 26.9. The number of fused-ring (bicyclic) bond motifs is 1. The number of nitrogens with zero attached hydrogens (tertiary/aromatic N) is 6. The summed E-state index contributed by atoms with van der Waals surface area (Å²) >= 11 is 0.